The lowest BCUT2D eigenvalue weighted by atomic mass is 9.49. The minimum atomic E-state index is 0.213. The van der Waals surface area contributed by atoms with Gasteiger partial charge in [-0.05, 0) is 92.4 Å². The number of amides is 1. The summed E-state index contributed by atoms with van der Waals surface area (Å²) in [4.78, 5) is 15.1. The largest absolute Gasteiger partial charge is 0.380 e. The number of methoxy groups -OCH3 is 1. The van der Waals surface area contributed by atoms with Gasteiger partial charge in [-0.3, -0.25) is 4.79 Å². The van der Waals surface area contributed by atoms with Gasteiger partial charge < -0.3 is 15.0 Å². The van der Waals surface area contributed by atoms with Crippen LogP contribution in [-0.4, -0.2) is 32.2 Å². The molecule has 27 heavy (non-hydrogen) atoms. The monoisotopic (exact) mass is 368 g/mol. The van der Waals surface area contributed by atoms with Crippen LogP contribution in [0, 0.1) is 23.2 Å². The molecule has 1 aromatic carbocycles. The van der Waals surface area contributed by atoms with Crippen LogP contribution in [0.5, 0.6) is 0 Å². The quantitative estimate of drug-likeness (QED) is 0.834. The smallest absolute Gasteiger partial charge is 0.224 e. The van der Waals surface area contributed by atoms with Gasteiger partial charge in [-0.15, -0.1) is 0 Å². The van der Waals surface area contributed by atoms with Crippen molar-refractivity contribution in [1.82, 2.24) is 0 Å². The second-order valence-corrected chi connectivity index (χ2v) is 9.78. The number of nitrogens with zero attached hydrogens (tertiary/aromatic N) is 1. The highest BCUT2D eigenvalue weighted by Crippen LogP contribution is 2.61. The van der Waals surface area contributed by atoms with E-state index in [1.165, 1.54) is 44.2 Å². The van der Waals surface area contributed by atoms with Gasteiger partial charge in [0, 0.05) is 38.0 Å². The lowest BCUT2D eigenvalue weighted by Crippen LogP contribution is -2.47. The highest BCUT2D eigenvalue weighted by molar-refractivity contribution is 5.91. The Morgan fingerprint density at radius 1 is 1.11 bits per heavy atom. The third kappa shape index (κ3) is 3.49. The molecule has 6 rings (SSSR count). The fraction of sp³-hybridized carbons (Fsp3) is 0.696. The molecule has 0 radical (unpaired) electrons. The summed E-state index contributed by atoms with van der Waals surface area (Å²) in [6.45, 7) is 1.99. The second-order valence-electron chi connectivity index (χ2n) is 9.78. The van der Waals surface area contributed by atoms with Crippen molar-refractivity contribution in [1.29, 1.82) is 0 Å². The van der Waals surface area contributed by atoms with Crippen molar-refractivity contribution in [3.05, 3.63) is 24.3 Å². The lowest BCUT2D eigenvalue weighted by Gasteiger charge is -2.56. The number of carbonyl (C=O) groups is 1. The molecule has 4 nitrogen and oxygen atoms in total. The average molecular weight is 369 g/mol. The van der Waals surface area contributed by atoms with Crippen LogP contribution in [0.1, 0.15) is 51.4 Å². The number of hydrogen-bond acceptors (Lipinski definition) is 3. The standard InChI is InChI=1S/C23H32N2O2/c1-27-21-6-7-25(15-21)20-4-2-19(3-5-20)24-22(26)14-23-11-16-8-17(12-23)10-18(9-16)13-23/h2-5,16-18,21H,6-15H2,1H3,(H,24,26). The predicted molar refractivity (Wildman–Crippen MR) is 108 cm³/mol. The Morgan fingerprint density at radius 3 is 2.30 bits per heavy atom. The van der Waals surface area contributed by atoms with Gasteiger partial charge in [-0.25, -0.2) is 0 Å². The van der Waals surface area contributed by atoms with Gasteiger partial charge in [0.15, 0.2) is 0 Å². The van der Waals surface area contributed by atoms with E-state index in [2.05, 4.69) is 22.3 Å². The van der Waals surface area contributed by atoms with Crippen molar-refractivity contribution < 1.29 is 9.53 Å². The van der Waals surface area contributed by atoms with Gasteiger partial charge in [0.05, 0.1) is 6.10 Å². The van der Waals surface area contributed by atoms with Crippen molar-refractivity contribution in [2.75, 3.05) is 30.4 Å². The van der Waals surface area contributed by atoms with E-state index in [0.29, 0.717) is 11.5 Å². The van der Waals surface area contributed by atoms with Crippen LogP contribution >= 0.6 is 0 Å². The summed E-state index contributed by atoms with van der Waals surface area (Å²) in [7, 11) is 1.79. The van der Waals surface area contributed by atoms with Gasteiger partial charge in [-0.2, -0.15) is 0 Å². The van der Waals surface area contributed by atoms with E-state index < -0.39 is 0 Å². The molecule has 4 saturated carbocycles. The number of rotatable bonds is 5. The molecule has 1 saturated heterocycles. The van der Waals surface area contributed by atoms with E-state index in [1.807, 2.05) is 12.1 Å². The van der Waals surface area contributed by atoms with Gasteiger partial charge in [0.25, 0.3) is 0 Å². The minimum absolute atomic E-state index is 0.213. The molecule has 1 amide bonds. The van der Waals surface area contributed by atoms with Gasteiger partial charge in [0.1, 0.15) is 0 Å². The molecule has 0 spiro atoms. The first kappa shape index (κ1) is 17.5. The Morgan fingerprint density at radius 2 is 1.74 bits per heavy atom. The van der Waals surface area contributed by atoms with Crippen LogP contribution in [0.3, 0.4) is 0 Å². The van der Waals surface area contributed by atoms with Crippen molar-refractivity contribution in [2.24, 2.45) is 23.2 Å². The van der Waals surface area contributed by atoms with E-state index in [4.69, 9.17) is 4.74 Å². The van der Waals surface area contributed by atoms with Gasteiger partial charge >= 0.3 is 0 Å². The van der Waals surface area contributed by atoms with Crippen molar-refractivity contribution in [2.45, 2.75) is 57.5 Å². The van der Waals surface area contributed by atoms with Crippen molar-refractivity contribution >= 4 is 17.3 Å². The SMILES string of the molecule is COC1CCN(c2ccc(NC(=O)CC34CC5CC(CC(C5)C3)C4)cc2)C1. The molecular formula is C23H32N2O2. The Hall–Kier alpha value is -1.55. The maximum absolute atomic E-state index is 12.8. The second kappa shape index (κ2) is 6.80. The first-order chi connectivity index (χ1) is 13.1. The molecular weight excluding hydrogens is 336 g/mol. The summed E-state index contributed by atoms with van der Waals surface area (Å²) in [5, 5.41) is 3.17. The zero-order valence-corrected chi connectivity index (χ0v) is 16.5. The highest BCUT2D eigenvalue weighted by atomic mass is 16.5. The number of carbonyl (C=O) groups excluding carboxylic acids is 1. The maximum atomic E-state index is 12.8. The Kier molecular flexibility index (Phi) is 4.42. The van der Waals surface area contributed by atoms with Crippen LogP contribution in [-0.2, 0) is 9.53 Å². The Balaban J connectivity index is 1.19. The van der Waals surface area contributed by atoms with E-state index in [0.717, 1.165) is 49.4 Å². The van der Waals surface area contributed by atoms with Crippen molar-refractivity contribution in [3.63, 3.8) is 0 Å². The molecule has 1 aliphatic heterocycles. The fourth-order valence-electron chi connectivity index (χ4n) is 6.96. The third-order valence-electron chi connectivity index (χ3n) is 7.70. The number of benzene rings is 1. The normalized spacial score (nSPS) is 37.0. The summed E-state index contributed by atoms with van der Waals surface area (Å²) in [5.74, 6) is 2.92. The van der Waals surface area contributed by atoms with E-state index >= 15 is 0 Å². The van der Waals surface area contributed by atoms with Crippen LogP contribution in [0.4, 0.5) is 11.4 Å². The maximum Gasteiger partial charge on any atom is 0.224 e. The van der Waals surface area contributed by atoms with Gasteiger partial charge in [-0.1, -0.05) is 0 Å². The van der Waals surface area contributed by atoms with E-state index in [-0.39, 0.29) is 5.91 Å². The molecule has 4 heteroatoms. The summed E-state index contributed by atoms with van der Waals surface area (Å²) in [6.07, 6.45) is 10.3. The molecule has 1 unspecified atom stereocenters. The molecule has 1 N–H and O–H groups in total. The topological polar surface area (TPSA) is 41.6 Å². The number of anilines is 2. The van der Waals surface area contributed by atoms with Crippen molar-refractivity contribution in [3.8, 4) is 0 Å². The van der Waals surface area contributed by atoms with Crippen LogP contribution in [0.15, 0.2) is 24.3 Å². The van der Waals surface area contributed by atoms with E-state index in [9.17, 15) is 4.79 Å². The zero-order valence-electron chi connectivity index (χ0n) is 16.5. The summed E-state index contributed by atoms with van der Waals surface area (Å²) < 4.78 is 5.46. The summed E-state index contributed by atoms with van der Waals surface area (Å²) in [6, 6.07) is 8.34. The molecule has 0 aromatic heterocycles. The molecule has 5 aliphatic rings. The van der Waals surface area contributed by atoms with E-state index in [1.54, 1.807) is 7.11 Å². The van der Waals surface area contributed by atoms with Crippen LogP contribution < -0.4 is 10.2 Å². The Bertz CT molecular complexity index is 664. The first-order valence-corrected chi connectivity index (χ1v) is 10.8. The van der Waals surface area contributed by atoms with Crippen LogP contribution in [0.25, 0.3) is 0 Å². The number of nitrogens with one attached hydrogen (secondary N) is 1. The number of ether oxygens (including phenoxy) is 1. The molecule has 4 aliphatic carbocycles. The minimum Gasteiger partial charge on any atom is -0.380 e. The lowest BCUT2D eigenvalue weighted by molar-refractivity contribution is -0.124. The fourth-order valence-corrected chi connectivity index (χ4v) is 6.96. The molecule has 1 aromatic rings. The van der Waals surface area contributed by atoms with Gasteiger partial charge in [0.2, 0.25) is 5.91 Å². The first-order valence-electron chi connectivity index (χ1n) is 10.8. The Labute approximate surface area is 162 Å². The molecule has 5 fully saturated rings. The average Bonchev–Trinajstić information content (AvgIpc) is 3.10. The zero-order chi connectivity index (χ0) is 18.4. The molecule has 146 valence electrons. The van der Waals surface area contributed by atoms with Crippen LogP contribution in [0.2, 0.25) is 0 Å². The predicted octanol–water partition coefficient (Wildman–Crippen LogP) is 4.46. The third-order valence-corrected chi connectivity index (χ3v) is 7.70. The number of hydrogen-bond donors (Lipinski definition) is 1. The molecule has 4 bridgehead atoms. The molecule has 1 atom stereocenters. The molecule has 1 heterocycles. The summed E-state index contributed by atoms with van der Waals surface area (Å²) >= 11 is 0. The highest BCUT2D eigenvalue weighted by Gasteiger charge is 2.51. The summed E-state index contributed by atoms with van der Waals surface area (Å²) in [5.41, 5.74) is 2.45.